The molecule has 2 heterocycles. The molecule has 242 valence electrons. The van der Waals surface area contributed by atoms with Gasteiger partial charge in [-0.05, 0) is 75.6 Å². The van der Waals surface area contributed by atoms with Gasteiger partial charge in [-0.1, -0.05) is 37.1 Å². The zero-order valence-electron chi connectivity index (χ0n) is 26.2. The summed E-state index contributed by atoms with van der Waals surface area (Å²) >= 11 is 0.915. The third-order valence-electron chi connectivity index (χ3n) is 8.50. The fourth-order valence-corrected chi connectivity index (χ4v) is 7.14. The minimum absolute atomic E-state index is 0.117. The number of hydrogen-bond acceptors (Lipinski definition) is 8. The van der Waals surface area contributed by atoms with Crippen molar-refractivity contribution >= 4 is 45.2 Å². The van der Waals surface area contributed by atoms with Gasteiger partial charge in [0.05, 0.1) is 22.4 Å². The van der Waals surface area contributed by atoms with E-state index in [-0.39, 0.29) is 16.7 Å². The van der Waals surface area contributed by atoms with Gasteiger partial charge >= 0.3 is 5.97 Å². The van der Waals surface area contributed by atoms with Crippen molar-refractivity contribution in [1.82, 2.24) is 0 Å². The summed E-state index contributed by atoms with van der Waals surface area (Å²) in [6.07, 6.45) is 12.5. The number of rotatable bonds is 14. The zero-order chi connectivity index (χ0) is 33.0. The first-order valence-corrected chi connectivity index (χ1v) is 17.0. The van der Waals surface area contributed by atoms with Gasteiger partial charge in [0.25, 0.3) is 10.1 Å². The summed E-state index contributed by atoms with van der Waals surface area (Å²) in [5.41, 5.74) is 5.18. The SMILES string of the molecule is CCN1C(=CC=CC=CC2=[N+](CCCCCC(=O)O)c3ccc(SOOO)cc3C2(C)C)C(C)(C)c2cc(S(=O)(=O)O)ccc21. The molecule has 0 spiro atoms. The molecule has 0 amide bonds. The minimum atomic E-state index is -4.32. The van der Waals surface area contributed by atoms with E-state index in [1.165, 1.54) is 6.07 Å². The molecule has 2 aliphatic heterocycles. The molecular formula is C33H41N2O8S2+. The maximum Gasteiger partial charge on any atom is 0.303 e. The number of allylic oxidation sites excluding steroid dienone is 6. The number of nitrogens with zero attached hydrogens (tertiary/aromatic N) is 2. The van der Waals surface area contributed by atoms with Crippen molar-refractivity contribution < 1.29 is 42.1 Å². The van der Waals surface area contributed by atoms with Crippen LogP contribution in [0, 0.1) is 0 Å². The monoisotopic (exact) mass is 657 g/mol. The maximum absolute atomic E-state index is 11.8. The summed E-state index contributed by atoms with van der Waals surface area (Å²) in [4.78, 5) is 13.8. The van der Waals surface area contributed by atoms with Crippen molar-refractivity contribution in [3.8, 4) is 0 Å². The number of carbonyl (C=O) groups is 1. The molecule has 0 radical (unpaired) electrons. The fraction of sp³-hybridized carbons (Fsp3) is 0.394. The van der Waals surface area contributed by atoms with E-state index in [1.807, 2.05) is 63.3 Å². The maximum atomic E-state index is 11.8. The zero-order valence-corrected chi connectivity index (χ0v) is 27.8. The molecule has 0 bridgehead atoms. The predicted octanol–water partition coefficient (Wildman–Crippen LogP) is 7.20. The molecule has 0 unspecified atom stereocenters. The Labute approximate surface area is 269 Å². The van der Waals surface area contributed by atoms with Gasteiger partial charge in [0.15, 0.2) is 5.71 Å². The molecule has 2 aliphatic rings. The average Bonchev–Trinajstić information content (AvgIpc) is 3.32. The number of likely N-dealkylation sites (N-methyl/N-ethyl adjacent to an activating group) is 1. The normalized spacial score (nSPS) is 18.0. The smallest absolute Gasteiger partial charge is 0.303 e. The molecule has 12 heteroatoms. The van der Waals surface area contributed by atoms with E-state index < -0.39 is 21.5 Å². The van der Waals surface area contributed by atoms with E-state index in [1.54, 1.807) is 12.1 Å². The van der Waals surface area contributed by atoms with Gasteiger partial charge in [-0.2, -0.15) is 13.0 Å². The first kappa shape index (κ1) is 34.6. The number of hydrogen-bond donors (Lipinski definition) is 3. The number of fused-ring (bicyclic) bond motifs is 2. The Morgan fingerprint density at radius 2 is 1.76 bits per heavy atom. The van der Waals surface area contributed by atoms with Crippen LogP contribution < -0.4 is 4.90 Å². The first-order chi connectivity index (χ1) is 21.2. The third kappa shape index (κ3) is 7.43. The number of anilines is 1. The quantitative estimate of drug-likeness (QED) is 0.0364. The molecule has 0 aliphatic carbocycles. The molecule has 0 aromatic heterocycles. The van der Waals surface area contributed by atoms with Crippen LogP contribution in [0.25, 0.3) is 0 Å². The van der Waals surface area contributed by atoms with Crippen LogP contribution in [0.1, 0.15) is 71.4 Å². The molecule has 0 fully saturated rings. The van der Waals surface area contributed by atoms with Crippen LogP contribution in [-0.2, 0) is 35.1 Å². The van der Waals surface area contributed by atoms with Crippen LogP contribution in [0.15, 0.2) is 82.3 Å². The lowest BCUT2D eigenvalue weighted by atomic mass is 9.81. The van der Waals surface area contributed by atoms with Crippen LogP contribution in [0.4, 0.5) is 11.4 Å². The van der Waals surface area contributed by atoms with Gasteiger partial charge < -0.3 is 10.0 Å². The lowest BCUT2D eigenvalue weighted by molar-refractivity contribution is -0.438. The van der Waals surface area contributed by atoms with E-state index in [0.717, 1.165) is 70.2 Å². The number of unbranched alkanes of at least 4 members (excludes halogenated alkanes) is 2. The van der Waals surface area contributed by atoms with Crippen LogP contribution in [0.3, 0.4) is 0 Å². The number of benzene rings is 2. The van der Waals surface area contributed by atoms with Gasteiger partial charge in [-0.3, -0.25) is 9.35 Å². The lowest BCUT2D eigenvalue weighted by Gasteiger charge is -2.25. The highest BCUT2D eigenvalue weighted by molar-refractivity contribution is 7.94. The Kier molecular flexibility index (Phi) is 10.8. The lowest BCUT2D eigenvalue weighted by Crippen LogP contribution is -2.28. The molecule has 0 saturated heterocycles. The second kappa shape index (κ2) is 14.0. The number of carboxylic acid groups (broad SMARTS) is 1. The topological polar surface area (TPSA) is 137 Å². The average molecular weight is 658 g/mol. The van der Waals surface area contributed by atoms with E-state index >= 15 is 0 Å². The Bertz CT molecular complexity index is 1670. The summed E-state index contributed by atoms with van der Waals surface area (Å²) in [5.74, 6) is -0.784. The molecule has 0 saturated carbocycles. The van der Waals surface area contributed by atoms with Crippen LogP contribution in [0.5, 0.6) is 0 Å². The minimum Gasteiger partial charge on any atom is -0.481 e. The van der Waals surface area contributed by atoms with Crippen molar-refractivity contribution in [3.05, 3.63) is 83.6 Å². The van der Waals surface area contributed by atoms with Crippen molar-refractivity contribution in [2.45, 2.75) is 80.9 Å². The second-order valence-corrected chi connectivity index (χ2v) is 14.3. The Hall–Kier alpha value is -3.26. The van der Waals surface area contributed by atoms with Gasteiger partial charge in [0.2, 0.25) is 5.69 Å². The molecule has 10 nitrogen and oxygen atoms in total. The van der Waals surface area contributed by atoms with Crippen molar-refractivity contribution in [2.75, 3.05) is 18.0 Å². The van der Waals surface area contributed by atoms with Crippen molar-refractivity contribution in [2.24, 2.45) is 0 Å². The molecule has 3 N–H and O–H groups in total. The molecule has 4 rings (SSSR count). The number of carboxylic acids is 1. The van der Waals surface area contributed by atoms with Gasteiger partial charge in [-0.15, -0.1) is 4.33 Å². The highest BCUT2D eigenvalue weighted by atomic mass is 32.2. The third-order valence-corrected chi connectivity index (χ3v) is 9.93. The molecule has 0 atom stereocenters. The van der Waals surface area contributed by atoms with Crippen molar-refractivity contribution in [1.29, 1.82) is 0 Å². The Balaban J connectivity index is 1.61. The van der Waals surface area contributed by atoms with Crippen LogP contribution in [-0.4, -0.2) is 52.7 Å². The van der Waals surface area contributed by atoms with E-state index in [0.29, 0.717) is 13.0 Å². The Morgan fingerprint density at radius 3 is 2.42 bits per heavy atom. The highest BCUT2D eigenvalue weighted by Gasteiger charge is 2.44. The van der Waals surface area contributed by atoms with Gasteiger partial charge in [-0.25, -0.2) is 5.26 Å². The van der Waals surface area contributed by atoms with Crippen molar-refractivity contribution in [3.63, 3.8) is 0 Å². The number of aliphatic carboxylic acids is 1. The van der Waals surface area contributed by atoms with Gasteiger partial charge in [0.1, 0.15) is 6.54 Å². The van der Waals surface area contributed by atoms with E-state index in [2.05, 4.69) is 38.8 Å². The summed E-state index contributed by atoms with van der Waals surface area (Å²) in [6, 6.07) is 10.7. The summed E-state index contributed by atoms with van der Waals surface area (Å²) in [7, 11) is -4.32. The molecule has 2 aromatic rings. The summed E-state index contributed by atoms with van der Waals surface area (Å²) < 4.78 is 40.1. The van der Waals surface area contributed by atoms with Crippen LogP contribution in [0.2, 0.25) is 0 Å². The summed E-state index contributed by atoms with van der Waals surface area (Å²) in [6.45, 7) is 11.8. The standard InChI is InChI=1S/C33H40N2O8S2/c1-6-34-27-19-17-24(45(39,40)41)22-26(27)33(4,5)29(34)13-9-7-10-14-30-32(2,3)25-21-23(44-43-42-38)16-18-28(25)35(30)20-12-8-11-15-31(36)37/h7,9-10,13-14,16-19,21-22H,6,8,11-12,15,20H2,1-5H3,(H2-,36,37,38,39,40,41)/p+1. The van der Waals surface area contributed by atoms with E-state index in [4.69, 9.17) is 10.4 Å². The highest BCUT2D eigenvalue weighted by Crippen LogP contribution is 2.48. The Morgan fingerprint density at radius 1 is 1.00 bits per heavy atom. The predicted molar refractivity (Wildman–Crippen MR) is 175 cm³/mol. The largest absolute Gasteiger partial charge is 0.481 e. The molecule has 45 heavy (non-hydrogen) atoms. The molecular weight excluding hydrogens is 617 g/mol. The van der Waals surface area contributed by atoms with Gasteiger partial charge in [0, 0.05) is 58.8 Å². The first-order valence-electron chi connectivity index (χ1n) is 14.8. The fourth-order valence-electron chi connectivity index (χ4n) is 6.24. The van der Waals surface area contributed by atoms with Crippen LogP contribution >= 0.6 is 12.0 Å². The summed E-state index contributed by atoms with van der Waals surface area (Å²) in [5, 5.41) is 21.4. The molecule has 2 aromatic carbocycles. The second-order valence-electron chi connectivity index (χ2n) is 12.1. The van der Waals surface area contributed by atoms with E-state index in [9.17, 15) is 17.8 Å².